The number of halogens is 2. The van der Waals surface area contributed by atoms with Gasteiger partial charge in [-0.25, -0.2) is 0 Å². The molecule has 156 valence electrons. The van der Waals surface area contributed by atoms with Gasteiger partial charge >= 0.3 is 0 Å². The summed E-state index contributed by atoms with van der Waals surface area (Å²) in [6, 6.07) is 10.00. The van der Waals surface area contributed by atoms with Crippen molar-refractivity contribution in [3.05, 3.63) is 57.1 Å². The number of ether oxygens (including phenoxy) is 1. The molecule has 1 fully saturated rings. The van der Waals surface area contributed by atoms with E-state index in [2.05, 4.69) is 33.6 Å². The fourth-order valence-corrected chi connectivity index (χ4v) is 5.66. The van der Waals surface area contributed by atoms with Gasteiger partial charge < -0.3 is 4.74 Å². The third kappa shape index (κ3) is 3.58. The zero-order chi connectivity index (χ0) is 20.7. The largest absolute Gasteiger partial charge is 0.487 e. The third-order valence-electron chi connectivity index (χ3n) is 6.83. The fraction of sp³-hybridized carbons (Fsp3) is 0.435. The van der Waals surface area contributed by atoms with Crippen LogP contribution >= 0.6 is 23.2 Å². The molecule has 0 saturated heterocycles. The lowest BCUT2D eigenvalue weighted by Gasteiger charge is -2.31. The van der Waals surface area contributed by atoms with Crippen molar-refractivity contribution >= 4 is 23.2 Å². The molecular weight excluding hydrogens is 419 g/mol. The predicted molar refractivity (Wildman–Crippen MR) is 118 cm³/mol. The molecule has 2 aliphatic carbocycles. The number of benzene rings is 2. The number of nitrogens with zero attached hydrogens (tertiary/aromatic N) is 3. The number of rotatable bonds is 5. The van der Waals surface area contributed by atoms with Crippen LogP contribution in [-0.4, -0.2) is 20.6 Å². The second-order valence-electron chi connectivity index (χ2n) is 8.85. The SMILES string of the molecule is CC1(C2CCCC2)Cc2cc(OCc3ccc(-c4nn[nH]n4)cc3)c(Cl)c(Cl)c2C1. The zero-order valence-corrected chi connectivity index (χ0v) is 18.4. The Morgan fingerprint density at radius 2 is 1.87 bits per heavy atom. The molecule has 1 N–H and O–H groups in total. The lowest BCUT2D eigenvalue weighted by molar-refractivity contribution is 0.203. The van der Waals surface area contributed by atoms with Crippen LogP contribution in [0.1, 0.15) is 49.3 Å². The van der Waals surface area contributed by atoms with Gasteiger partial charge in [-0.05, 0) is 65.0 Å². The molecule has 2 aliphatic rings. The van der Waals surface area contributed by atoms with Crippen LogP contribution in [0.15, 0.2) is 30.3 Å². The van der Waals surface area contributed by atoms with Gasteiger partial charge in [-0.15, -0.1) is 10.2 Å². The van der Waals surface area contributed by atoms with Crippen molar-refractivity contribution in [1.29, 1.82) is 0 Å². The lowest BCUT2D eigenvalue weighted by Crippen LogP contribution is -2.26. The number of fused-ring (bicyclic) bond motifs is 1. The summed E-state index contributed by atoms with van der Waals surface area (Å²) in [6.45, 7) is 2.83. The number of aromatic amines is 1. The van der Waals surface area contributed by atoms with Crippen LogP contribution in [0, 0.1) is 11.3 Å². The average Bonchev–Trinajstić information content (AvgIpc) is 3.51. The second-order valence-corrected chi connectivity index (χ2v) is 9.61. The Morgan fingerprint density at radius 3 is 2.57 bits per heavy atom. The maximum absolute atomic E-state index is 6.70. The van der Waals surface area contributed by atoms with Crippen LogP contribution in [0.5, 0.6) is 5.75 Å². The van der Waals surface area contributed by atoms with Crippen molar-refractivity contribution < 1.29 is 4.74 Å². The fourth-order valence-electron chi connectivity index (χ4n) is 5.15. The monoisotopic (exact) mass is 442 g/mol. The minimum atomic E-state index is 0.287. The third-order valence-corrected chi connectivity index (χ3v) is 7.72. The molecule has 5 rings (SSSR count). The minimum Gasteiger partial charge on any atom is -0.487 e. The Bertz CT molecular complexity index is 1050. The van der Waals surface area contributed by atoms with Crippen LogP contribution in [0.3, 0.4) is 0 Å². The number of hydrogen-bond donors (Lipinski definition) is 1. The molecule has 1 aromatic heterocycles. The highest BCUT2D eigenvalue weighted by molar-refractivity contribution is 6.43. The van der Waals surface area contributed by atoms with Crippen molar-refractivity contribution in [3.8, 4) is 17.1 Å². The summed E-state index contributed by atoms with van der Waals surface area (Å²) in [5, 5.41) is 15.2. The van der Waals surface area contributed by atoms with Crippen molar-refractivity contribution in [1.82, 2.24) is 20.6 Å². The Balaban J connectivity index is 1.32. The van der Waals surface area contributed by atoms with E-state index in [-0.39, 0.29) is 5.41 Å². The highest BCUT2D eigenvalue weighted by Gasteiger charge is 2.42. The van der Waals surface area contributed by atoms with Crippen molar-refractivity contribution in [3.63, 3.8) is 0 Å². The molecule has 1 atom stereocenters. The van der Waals surface area contributed by atoms with E-state index in [1.807, 2.05) is 24.3 Å². The normalized spacial score (nSPS) is 21.2. The topological polar surface area (TPSA) is 63.7 Å². The van der Waals surface area contributed by atoms with E-state index in [4.69, 9.17) is 27.9 Å². The minimum absolute atomic E-state index is 0.287. The molecule has 1 heterocycles. The molecule has 1 unspecified atom stereocenters. The lowest BCUT2D eigenvalue weighted by atomic mass is 9.74. The van der Waals surface area contributed by atoms with Gasteiger partial charge in [0.05, 0.1) is 5.02 Å². The van der Waals surface area contributed by atoms with E-state index in [0.717, 1.165) is 29.9 Å². The van der Waals surface area contributed by atoms with E-state index in [0.29, 0.717) is 28.2 Å². The van der Waals surface area contributed by atoms with E-state index in [1.54, 1.807) is 0 Å². The van der Waals surface area contributed by atoms with Gasteiger partial charge in [0.25, 0.3) is 0 Å². The molecule has 3 aromatic rings. The first-order valence-electron chi connectivity index (χ1n) is 10.5. The smallest absolute Gasteiger partial charge is 0.204 e. The molecule has 1 saturated carbocycles. The number of H-pyrrole nitrogens is 1. The van der Waals surface area contributed by atoms with Gasteiger partial charge in [0.1, 0.15) is 17.4 Å². The summed E-state index contributed by atoms with van der Waals surface area (Å²) in [7, 11) is 0. The average molecular weight is 443 g/mol. The van der Waals surface area contributed by atoms with Crippen LogP contribution in [-0.2, 0) is 19.4 Å². The molecule has 2 aromatic carbocycles. The molecule has 0 spiro atoms. The van der Waals surface area contributed by atoms with E-state index in [9.17, 15) is 0 Å². The van der Waals surface area contributed by atoms with E-state index in [1.165, 1.54) is 36.8 Å². The summed E-state index contributed by atoms with van der Waals surface area (Å²) < 4.78 is 6.09. The first kappa shape index (κ1) is 19.8. The quantitative estimate of drug-likeness (QED) is 0.522. The molecule has 30 heavy (non-hydrogen) atoms. The van der Waals surface area contributed by atoms with Gasteiger partial charge in [-0.1, -0.05) is 67.2 Å². The van der Waals surface area contributed by atoms with Gasteiger partial charge in [0, 0.05) is 5.56 Å². The molecule has 0 amide bonds. The van der Waals surface area contributed by atoms with Gasteiger partial charge in [-0.2, -0.15) is 5.21 Å². The number of tetrazole rings is 1. The van der Waals surface area contributed by atoms with Gasteiger partial charge in [0.15, 0.2) is 0 Å². The van der Waals surface area contributed by atoms with Crippen LogP contribution in [0.4, 0.5) is 0 Å². The van der Waals surface area contributed by atoms with Crippen LogP contribution in [0.2, 0.25) is 10.0 Å². The van der Waals surface area contributed by atoms with Gasteiger partial charge in [0.2, 0.25) is 5.82 Å². The summed E-state index contributed by atoms with van der Waals surface area (Å²) >= 11 is 13.3. The van der Waals surface area contributed by atoms with Crippen LogP contribution in [0.25, 0.3) is 11.4 Å². The van der Waals surface area contributed by atoms with Crippen molar-refractivity contribution in [2.75, 3.05) is 0 Å². The maximum Gasteiger partial charge on any atom is 0.204 e. The van der Waals surface area contributed by atoms with Crippen molar-refractivity contribution in [2.45, 2.75) is 52.1 Å². The summed E-state index contributed by atoms with van der Waals surface area (Å²) in [5.74, 6) is 2.02. The van der Waals surface area contributed by atoms with E-state index >= 15 is 0 Å². The highest BCUT2D eigenvalue weighted by Crippen LogP contribution is 2.52. The van der Waals surface area contributed by atoms with E-state index < -0.39 is 0 Å². The Labute approximate surface area is 186 Å². The number of nitrogens with one attached hydrogen (secondary N) is 1. The number of aromatic nitrogens is 4. The first-order valence-corrected chi connectivity index (χ1v) is 11.2. The molecular formula is C23H24Cl2N4O. The molecule has 7 heteroatoms. The zero-order valence-electron chi connectivity index (χ0n) is 16.9. The standard InChI is InChI=1S/C23H24Cl2N4O/c1-23(17-4-2-3-5-17)11-16-10-19(21(25)20(24)18(16)12-23)30-13-14-6-8-15(9-7-14)22-26-28-29-27-22/h6-10,17H,2-5,11-13H2,1H3,(H,26,27,28,29). The molecule has 5 nitrogen and oxygen atoms in total. The molecule has 0 radical (unpaired) electrons. The Hall–Kier alpha value is -2.11. The summed E-state index contributed by atoms with van der Waals surface area (Å²) in [5.41, 5.74) is 4.73. The predicted octanol–water partition coefficient (Wildman–Crippen LogP) is 6.05. The summed E-state index contributed by atoms with van der Waals surface area (Å²) in [6.07, 6.45) is 7.44. The number of hydrogen-bond acceptors (Lipinski definition) is 4. The summed E-state index contributed by atoms with van der Waals surface area (Å²) in [4.78, 5) is 0. The Morgan fingerprint density at radius 1 is 1.10 bits per heavy atom. The molecule has 0 bridgehead atoms. The maximum atomic E-state index is 6.70. The van der Waals surface area contributed by atoms with Gasteiger partial charge in [-0.3, -0.25) is 0 Å². The first-order chi connectivity index (χ1) is 14.5. The van der Waals surface area contributed by atoms with Crippen molar-refractivity contribution in [2.24, 2.45) is 11.3 Å². The second kappa shape index (κ2) is 7.86. The highest BCUT2D eigenvalue weighted by atomic mass is 35.5. The van der Waals surface area contributed by atoms with Crippen LogP contribution < -0.4 is 4.74 Å². The molecule has 0 aliphatic heterocycles. The Kier molecular flexibility index (Phi) is 5.19.